The molecule has 5 nitrogen and oxygen atoms in total. The Balaban J connectivity index is 2.74. The molecule has 0 N–H and O–H groups in total. The van der Waals surface area contributed by atoms with Gasteiger partial charge in [0.05, 0.1) is 6.20 Å². The number of rotatable bonds is 1. The first kappa shape index (κ1) is 11.6. The summed E-state index contributed by atoms with van der Waals surface area (Å²) in [5, 5.41) is 3.98. The lowest BCUT2D eigenvalue weighted by atomic mass is 10.2. The topological polar surface area (TPSA) is 47.4 Å². The monoisotopic (exact) mass is 211 g/mol. The van der Waals surface area contributed by atoms with Crippen LogP contribution in [0, 0.1) is 0 Å². The van der Waals surface area contributed by atoms with Crippen LogP contribution in [-0.2, 0) is 11.8 Å². The predicted octanol–water partition coefficient (Wildman–Crippen LogP) is 1.79. The molecule has 1 aromatic rings. The molecule has 0 saturated heterocycles. The average molecular weight is 211 g/mol. The summed E-state index contributed by atoms with van der Waals surface area (Å²) in [5.41, 5.74) is -0.482. The van der Waals surface area contributed by atoms with Crippen molar-refractivity contribution in [3.63, 3.8) is 0 Å². The van der Waals surface area contributed by atoms with E-state index in [-0.39, 0.29) is 6.09 Å². The third-order valence-corrected chi connectivity index (χ3v) is 1.81. The van der Waals surface area contributed by atoms with Gasteiger partial charge in [-0.25, -0.2) is 4.79 Å². The second-order valence-electron chi connectivity index (χ2n) is 4.35. The van der Waals surface area contributed by atoms with Crippen molar-refractivity contribution < 1.29 is 9.53 Å². The van der Waals surface area contributed by atoms with Gasteiger partial charge in [-0.05, 0) is 20.8 Å². The van der Waals surface area contributed by atoms with E-state index in [4.69, 9.17) is 4.74 Å². The molecule has 5 heteroatoms. The lowest BCUT2D eigenvalue weighted by Gasteiger charge is -2.24. The second kappa shape index (κ2) is 3.92. The van der Waals surface area contributed by atoms with Crippen LogP contribution in [0.15, 0.2) is 12.3 Å². The number of carbonyl (C=O) groups excluding carboxylic acids is 1. The molecule has 0 radical (unpaired) electrons. The van der Waals surface area contributed by atoms with Crippen molar-refractivity contribution in [2.75, 3.05) is 11.9 Å². The fourth-order valence-corrected chi connectivity index (χ4v) is 1.12. The SMILES string of the molecule is CN(C(=O)OC(C)(C)C)c1ccnn1C. The summed E-state index contributed by atoms with van der Waals surface area (Å²) >= 11 is 0. The molecule has 0 aliphatic rings. The normalized spacial score (nSPS) is 11.3. The number of aromatic nitrogens is 2. The van der Waals surface area contributed by atoms with E-state index < -0.39 is 5.60 Å². The minimum atomic E-state index is -0.482. The molecule has 0 aliphatic carbocycles. The van der Waals surface area contributed by atoms with Crippen molar-refractivity contribution in [1.29, 1.82) is 0 Å². The smallest absolute Gasteiger partial charge is 0.415 e. The average Bonchev–Trinajstić information content (AvgIpc) is 2.47. The van der Waals surface area contributed by atoms with Crippen molar-refractivity contribution in [2.45, 2.75) is 26.4 Å². The molecule has 1 rings (SSSR count). The summed E-state index contributed by atoms with van der Waals surface area (Å²) in [6, 6.07) is 1.75. The molecule has 1 heterocycles. The maximum Gasteiger partial charge on any atom is 0.415 e. The van der Waals surface area contributed by atoms with Gasteiger partial charge in [-0.3, -0.25) is 9.58 Å². The molecular formula is C10H17N3O2. The molecule has 0 spiro atoms. The van der Waals surface area contributed by atoms with Crippen LogP contribution >= 0.6 is 0 Å². The van der Waals surface area contributed by atoms with Gasteiger partial charge in [0.1, 0.15) is 11.4 Å². The first-order valence-corrected chi connectivity index (χ1v) is 4.76. The third-order valence-electron chi connectivity index (χ3n) is 1.81. The lowest BCUT2D eigenvalue weighted by Crippen LogP contribution is -2.35. The van der Waals surface area contributed by atoms with Crippen molar-refractivity contribution in [2.24, 2.45) is 7.05 Å². The fraction of sp³-hybridized carbons (Fsp3) is 0.600. The van der Waals surface area contributed by atoms with Gasteiger partial charge in [-0.15, -0.1) is 0 Å². The van der Waals surface area contributed by atoms with E-state index in [1.807, 2.05) is 20.8 Å². The number of hydrogen-bond acceptors (Lipinski definition) is 3. The van der Waals surface area contributed by atoms with Crippen molar-refractivity contribution in [3.05, 3.63) is 12.3 Å². The van der Waals surface area contributed by atoms with Crippen LogP contribution < -0.4 is 4.90 Å². The zero-order valence-corrected chi connectivity index (χ0v) is 9.81. The highest BCUT2D eigenvalue weighted by atomic mass is 16.6. The molecule has 0 saturated carbocycles. The molecule has 0 bridgehead atoms. The summed E-state index contributed by atoms with van der Waals surface area (Å²) in [6.07, 6.45) is 1.25. The Morgan fingerprint density at radius 3 is 2.53 bits per heavy atom. The fourth-order valence-electron chi connectivity index (χ4n) is 1.12. The van der Waals surface area contributed by atoms with Gasteiger partial charge in [-0.1, -0.05) is 0 Å². The number of carbonyl (C=O) groups is 1. The number of amides is 1. The summed E-state index contributed by atoms with van der Waals surface area (Å²) in [7, 11) is 3.43. The zero-order valence-electron chi connectivity index (χ0n) is 9.81. The number of anilines is 1. The van der Waals surface area contributed by atoms with Crippen LogP contribution in [0.4, 0.5) is 10.6 Å². The highest BCUT2D eigenvalue weighted by Crippen LogP contribution is 2.15. The summed E-state index contributed by atoms with van der Waals surface area (Å²) in [5.74, 6) is 0.698. The van der Waals surface area contributed by atoms with E-state index in [9.17, 15) is 4.79 Å². The Hall–Kier alpha value is -1.52. The summed E-state index contributed by atoms with van der Waals surface area (Å²) < 4.78 is 6.84. The van der Waals surface area contributed by atoms with Crippen LogP contribution in [0.5, 0.6) is 0 Å². The van der Waals surface area contributed by atoms with Gasteiger partial charge in [0, 0.05) is 20.2 Å². The van der Waals surface area contributed by atoms with Crippen LogP contribution in [0.1, 0.15) is 20.8 Å². The lowest BCUT2D eigenvalue weighted by molar-refractivity contribution is 0.0587. The zero-order chi connectivity index (χ0) is 11.6. The molecule has 0 aromatic carbocycles. The van der Waals surface area contributed by atoms with E-state index >= 15 is 0 Å². The van der Waals surface area contributed by atoms with E-state index in [1.54, 1.807) is 31.0 Å². The van der Waals surface area contributed by atoms with Gasteiger partial charge in [0.25, 0.3) is 0 Å². The van der Waals surface area contributed by atoms with Crippen molar-refractivity contribution in [1.82, 2.24) is 9.78 Å². The van der Waals surface area contributed by atoms with Gasteiger partial charge < -0.3 is 4.74 Å². The Labute approximate surface area is 89.6 Å². The van der Waals surface area contributed by atoms with Crippen molar-refractivity contribution in [3.8, 4) is 0 Å². The maximum atomic E-state index is 11.7. The number of nitrogens with zero attached hydrogens (tertiary/aromatic N) is 3. The molecular weight excluding hydrogens is 194 g/mol. The van der Waals surface area contributed by atoms with E-state index in [1.165, 1.54) is 4.90 Å². The number of aryl methyl sites for hydroxylation is 1. The summed E-state index contributed by atoms with van der Waals surface area (Å²) in [4.78, 5) is 13.1. The van der Waals surface area contributed by atoms with Crippen LogP contribution in [-0.4, -0.2) is 28.5 Å². The van der Waals surface area contributed by atoms with Crippen LogP contribution in [0.2, 0.25) is 0 Å². The molecule has 0 aliphatic heterocycles. The molecule has 84 valence electrons. The third kappa shape index (κ3) is 2.97. The van der Waals surface area contributed by atoms with Gasteiger partial charge in [0.15, 0.2) is 0 Å². The number of ether oxygens (including phenoxy) is 1. The largest absolute Gasteiger partial charge is 0.443 e. The first-order chi connectivity index (χ1) is 6.81. The first-order valence-electron chi connectivity index (χ1n) is 4.76. The van der Waals surface area contributed by atoms with Gasteiger partial charge >= 0.3 is 6.09 Å². The van der Waals surface area contributed by atoms with Crippen LogP contribution in [0.3, 0.4) is 0 Å². The molecule has 1 aromatic heterocycles. The van der Waals surface area contributed by atoms with Crippen molar-refractivity contribution >= 4 is 11.9 Å². The highest BCUT2D eigenvalue weighted by molar-refractivity contribution is 5.86. The van der Waals surface area contributed by atoms with Gasteiger partial charge in [0.2, 0.25) is 0 Å². The van der Waals surface area contributed by atoms with E-state index in [0.29, 0.717) is 5.82 Å². The quantitative estimate of drug-likeness (QED) is 0.711. The highest BCUT2D eigenvalue weighted by Gasteiger charge is 2.21. The summed E-state index contributed by atoms with van der Waals surface area (Å²) in [6.45, 7) is 5.51. The molecule has 1 amide bonds. The van der Waals surface area contributed by atoms with Crippen LogP contribution in [0.25, 0.3) is 0 Å². The Kier molecular flexibility index (Phi) is 3.02. The minimum Gasteiger partial charge on any atom is -0.443 e. The maximum absolute atomic E-state index is 11.7. The van der Waals surface area contributed by atoms with E-state index in [0.717, 1.165) is 0 Å². The van der Waals surface area contributed by atoms with E-state index in [2.05, 4.69) is 5.10 Å². The number of hydrogen-bond donors (Lipinski definition) is 0. The molecule has 0 atom stereocenters. The second-order valence-corrected chi connectivity index (χ2v) is 4.35. The predicted molar refractivity (Wildman–Crippen MR) is 57.8 cm³/mol. The molecule has 0 unspecified atom stereocenters. The Bertz CT molecular complexity index is 352. The Morgan fingerprint density at radius 2 is 2.13 bits per heavy atom. The molecule has 0 fully saturated rings. The minimum absolute atomic E-state index is 0.383. The molecule has 15 heavy (non-hydrogen) atoms. The van der Waals surface area contributed by atoms with Gasteiger partial charge in [-0.2, -0.15) is 5.10 Å². The standard InChI is InChI=1S/C10H17N3O2/c1-10(2,3)15-9(14)12(4)8-6-7-11-13(8)5/h6-7H,1-5H3. The Morgan fingerprint density at radius 1 is 1.53 bits per heavy atom.